The van der Waals surface area contributed by atoms with Gasteiger partial charge in [0, 0.05) is 32.0 Å². The van der Waals surface area contributed by atoms with Crippen molar-refractivity contribution in [1.29, 1.82) is 0 Å². The number of hydrogen-bond acceptors (Lipinski definition) is 2. The first-order chi connectivity index (χ1) is 11.2. The molecule has 4 heteroatoms. The SMILES string of the molecule is CC(=S)N(C1CCN(CCc2ccccc2)CC1)n1cccc1. The van der Waals surface area contributed by atoms with Gasteiger partial charge < -0.3 is 4.90 Å². The van der Waals surface area contributed by atoms with Crippen molar-refractivity contribution in [2.24, 2.45) is 0 Å². The highest BCUT2D eigenvalue weighted by molar-refractivity contribution is 7.80. The first kappa shape index (κ1) is 16.2. The zero-order chi connectivity index (χ0) is 16.1. The fourth-order valence-electron chi connectivity index (χ4n) is 3.40. The average molecular weight is 327 g/mol. The standard InChI is InChI=1S/C19H25N3S/c1-17(23)22(21-12-5-6-13-21)19-10-15-20(16-11-19)14-9-18-7-3-2-4-8-18/h2-8,12-13,19H,9-11,14-16H2,1H3. The zero-order valence-corrected chi connectivity index (χ0v) is 14.6. The summed E-state index contributed by atoms with van der Waals surface area (Å²) in [5.41, 5.74) is 1.43. The first-order valence-corrected chi connectivity index (χ1v) is 8.84. The third-order valence-corrected chi connectivity index (χ3v) is 4.81. The smallest absolute Gasteiger partial charge is 0.0950 e. The molecular formula is C19H25N3S. The van der Waals surface area contributed by atoms with Crippen molar-refractivity contribution >= 4 is 17.2 Å². The number of aromatic nitrogens is 1. The van der Waals surface area contributed by atoms with E-state index in [9.17, 15) is 0 Å². The van der Waals surface area contributed by atoms with Crippen molar-refractivity contribution in [3.63, 3.8) is 0 Å². The molecule has 0 N–H and O–H groups in total. The lowest BCUT2D eigenvalue weighted by Gasteiger charge is -2.39. The lowest BCUT2D eigenvalue weighted by molar-refractivity contribution is 0.209. The highest BCUT2D eigenvalue weighted by Crippen LogP contribution is 2.17. The van der Waals surface area contributed by atoms with Crippen LogP contribution in [0.2, 0.25) is 0 Å². The van der Waals surface area contributed by atoms with Crippen LogP contribution < -0.4 is 5.01 Å². The Morgan fingerprint density at radius 3 is 2.35 bits per heavy atom. The van der Waals surface area contributed by atoms with Crippen molar-refractivity contribution in [1.82, 2.24) is 9.58 Å². The van der Waals surface area contributed by atoms with Crippen molar-refractivity contribution in [3.05, 3.63) is 60.4 Å². The summed E-state index contributed by atoms with van der Waals surface area (Å²) in [5, 5.41) is 2.27. The predicted octanol–water partition coefficient (Wildman–Crippen LogP) is 3.48. The molecule has 2 aromatic rings. The summed E-state index contributed by atoms with van der Waals surface area (Å²) in [7, 11) is 0. The Morgan fingerprint density at radius 1 is 1.09 bits per heavy atom. The van der Waals surface area contributed by atoms with Crippen LogP contribution >= 0.6 is 12.2 Å². The number of thiocarbonyl (C=S) groups is 1. The highest BCUT2D eigenvalue weighted by atomic mass is 32.1. The van der Waals surface area contributed by atoms with E-state index >= 15 is 0 Å². The topological polar surface area (TPSA) is 11.4 Å². The molecule has 0 bridgehead atoms. The Kier molecular flexibility index (Phi) is 5.47. The van der Waals surface area contributed by atoms with Crippen molar-refractivity contribution in [3.8, 4) is 0 Å². The van der Waals surface area contributed by atoms with Crippen molar-refractivity contribution in [2.75, 3.05) is 24.6 Å². The zero-order valence-electron chi connectivity index (χ0n) is 13.8. The van der Waals surface area contributed by atoms with Gasteiger partial charge in [-0.3, -0.25) is 9.69 Å². The molecule has 0 saturated carbocycles. The van der Waals surface area contributed by atoms with E-state index in [2.05, 4.69) is 69.4 Å². The maximum Gasteiger partial charge on any atom is 0.0950 e. The third-order valence-electron chi connectivity index (χ3n) is 4.62. The minimum absolute atomic E-state index is 0.507. The largest absolute Gasteiger partial charge is 0.303 e. The van der Waals surface area contributed by atoms with E-state index in [-0.39, 0.29) is 0 Å². The van der Waals surface area contributed by atoms with Crippen LogP contribution in [0.25, 0.3) is 0 Å². The lowest BCUT2D eigenvalue weighted by atomic mass is 10.0. The molecule has 0 aliphatic carbocycles. The van der Waals surface area contributed by atoms with Crippen LogP contribution in [0.3, 0.4) is 0 Å². The van der Waals surface area contributed by atoms with E-state index in [1.165, 1.54) is 18.4 Å². The highest BCUT2D eigenvalue weighted by Gasteiger charge is 2.25. The minimum atomic E-state index is 0.507. The van der Waals surface area contributed by atoms with Crippen LogP contribution in [0, 0.1) is 0 Å². The Balaban J connectivity index is 1.52. The molecule has 0 atom stereocenters. The summed E-state index contributed by atoms with van der Waals surface area (Å²) in [4.78, 5) is 3.53. The molecule has 0 unspecified atom stereocenters. The fraction of sp³-hybridized carbons (Fsp3) is 0.421. The molecule has 1 aliphatic heterocycles. The quantitative estimate of drug-likeness (QED) is 0.780. The van der Waals surface area contributed by atoms with Crippen LogP contribution in [0.1, 0.15) is 25.3 Å². The van der Waals surface area contributed by atoms with E-state index in [0.717, 1.165) is 31.0 Å². The molecule has 1 fully saturated rings. The molecule has 3 rings (SSSR count). The summed E-state index contributed by atoms with van der Waals surface area (Å²) in [6, 6.07) is 15.4. The van der Waals surface area contributed by atoms with Crippen LogP contribution in [0.4, 0.5) is 0 Å². The molecule has 2 heterocycles. The second-order valence-corrected chi connectivity index (χ2v) is 6.83. The molecule has 23 heavy (non-hydrogen) atoms. The molecule has 3 nitrogen and oxygen atoms in total. The Morgan fingerprint density at radius 2 is 1.74 bits per heavy atom. The first-order valence-electron chi connectivity index (χ1n) is 8.43. The van der Waals surface area contributed by atoms with E-state index in [0.29, 0.717) is 6.04 Å². The molecule has 0 amide bonds. The maximum absolute atomic E-state index is 5.48. The summed E-state index contributed by atoms with van der Waals surface area (Å²) >= 11 is 5.48. The van der Waals surface area contributed by atoms with E-state index in [1.54, 1.807) is 0 Å². The average Bonchev–Trinajstić information content (AvgIpc) is 3.09. The summed E-state index contributed by atoms with van der Waals surface area (Å²) in [6.45, 7) is 5.48. The Bertz CT molecular complexity index is 601. The minimum Gasteiger partial charge on any atom is -0.303 e. The van der Waals surface area contributed by atoms with Gasteiger partial charge in [0.1, 0.15) is 0 Å². The number of likely N-dealkylation sites (tertiary alicyclic amines) is 1. The number of rotatable bonds is 5. The molecular weight excluding hydrogens is 302 g/mol. The predicted molar refractivity (Wildman–Crippen MR) is 101 cm³/mol. The van der Waals surface area contributed by atoms with Gasteiger partial charge in [-0.2, -0.15) is 0 Å². The molecule has 1 saturated heterocycles. The second-order valence-electron chi connectivity index (χ2n) is 6.24. The van der Waals surface area contributed by atoms with E-state index < -0.39 is 0 Å². The molecule has 1 aromatic heterocycles. The number of piperidine rings is 1. The normalized spacial score (nSPS) is 16.4. The van der Waals surface area contributed by atoms with Gasteiger partial charge >= 0.3 is 0 Å². The van der Waals surface area contributed by atoms with Crippen LogP contribution in [0.5, 0.6) is 0 Å². The lowest BCUT2D eigenvalue weighted by Crippen LogP contribution is -2.51. The van der Waals surface area contributed by atoms with Gasteiger partial charge in [-0.1, -0.05) is 42.5 Å². The second kappa shape index (κ2) is 7.75. The van der Waals surface area contributed by atoms with Crippen LogP contribution in [-0.4, -0.2) is 40.2 Å². The van der Waals surface area contributed by atoms with Crippen LogP contribution in [-0.2, 0) is 6.42 Å². The fourth-order valence-corrected chi connectivity index (χ4v) is 3.64. The maximum atomic E-state index is 5.48. The van der Waals surface area contributed by atoms with E-state index in [4.69, 9.17) is 12.2 Å². The molecule has 122 valence electrons. The molecule has 1 aliphatic rings. The monoisotopic (exact) mass is 327 g/mol. The van der Waals surface area contributed by atoms with Crippen molar-refractivity contribution in [2.45, 2.75) is 32.2 Å². The summed E-state index contributed by atoms with van der Waals surface area (Å²) < 4.78 is 2.13. The van der Waals surface area contributed by atoms with Gasteiger partial charge in [-0.25, -0.2) is 0 Å². The summed E-state index contributed by atoms with van der Waals surface area (Å²) in [6.07, 6.45) is 7.63. The Labute approximate surface area is 144 Å². The number of nitrogens with zero attached hydrogens (tertiary/aromatic N) is 3. The van der Waals surface area contributed by atoms with Gasteiger partial charge in [-0.05, 0) is 43.9 Å². The van der Waals surface area contributed by atoms with Gasteiger partial charge in [0.25, 0.3) is 0 Å². The van der Waals surface area contributed by atoms with Crippen LogP contribution in [0.15, 0.2) is 54.9 Å². The van der Waals surface area contributed by atoms with E-state index in [1.807, 2.05) is 6.92 Å². The number of benzene rings is 1. The molecule has 0 spiro atoms. The summed E-state index contributed by atoms with van der Waals surface area (Å²) in [5.74, 6) is 0. The Hall–Kier alpha value is -1.65. The van der Waals surface area contributed by atoms with Gasteiger partial charge in [-0.15, -0.1) is 0 Å². The van der Waals surface area contributed by atoms with Gasteiger partial charge in [0.15, 0.2) is 0 Å². The van der Waals surface area contributed by atoms with Gasteiger partial charge in [0.2, 0.25) is 0 Å². The molecule has 1 aromatic carbocycles. The number of hydrogen-bond donors (Lipinski definition) is 0. The van der Waals surface area contributed by atoms with Crippen molar-refractivity contribution < 1.29 is 0 Å². The third kappa shape index (κ3) is 4.21. The molecule has 0 radical (unpaired) electrons. The van der Waals surface area contributed by atoms with Gasteiger partial charge in [0.05, 0.1) is 11.0 Å².